The predicted molar refractivity (Wildman–Crippen MR) is 92.2 cm³/mol. The lowest BCUT2D eigenvalue weighted by Crippen LogP contribution is -2.14. The lowest BCUT2D eigenvalue weighted by Gasteiger charge is -2.11. The molecule has 1 N–H and O–H groups in total. The molecular weight excluding hydrogens is 298 g/mol. The number of hydrogen-bond donors (Lipinski definition) is 1. The van der Waals surface area contributed by atoms with Gasteiger partial charge in [0.05, 0.1) is 12.8 Å². The molecule has 1 fully saturated rings. The minimum atomic E-state index is 0.588. The fraction of sp³-hybridized carbons (Fsp3) is 0.562. The van der Waals surface area contributed by atoms with Crippen LogP contribution in [-0.4, -0.2) is 43.4 Å². The molecular formula is C16H25N3O2S. The van der Waals surface area contributed by atoms with Gasteiger partial charge >= 0.3 is 0 Å². The van der Waals surface area contributed by atoms with E-state index in [2.05, 4.69) is 14.2 Å². The van der Waals surface area contributed by atoms with E-state index in [4.69, 9.17) is 9.57 Å². The summed E-state index contributed by atoms with van der Waals surface area (Å²) in [5.74, 6) is 0.910. The van der Waals surface area contributed by atoms with Gasteiger partial charge in [-0.2, -0.15) is 0 Å². The van der Waals surface area contributed by atoms with Gasteiger partial charge in [0, 0.05) is 31.8 Å². The maximum absolute atomic E-state index is 5.75. The molecule has 1 heterocycles. The first-order valence-corrected chi connectivity index (χ1v) is 8.69. The Labute approximate surface area is 137 Å². The number of hydrogen-bond acceptors (Lipinski definition) is 6. The zero-order valence-electron chi connectivity index (χ0n) is 13.2. The number of ether oxygens (including phenoxy) is 1. The first-order valence-electron chi connectivity index (χ1n) is 7.91. The molecule has 22 heavy (non-hydrogen) atoms. The topological polar surface area (TPSA) is 46.1 Å². The van der Waals surface area contributed by atoms with E-state index in [0.29, 0.717) is 6.61 Å². The van der Waals surface area contributed by atoms with Gasteiger partial charge in [0.25, 0.3) is 0 Å². The van der Waals surface area contributed by atoms with Crippen molar-refractivity contribution in [1.29, 1.82) is 0 Å². The summed E-state index contributed by atoms with van der Waals surface area (Å²) >= 11 is 1.74. The molecule has 1 aromatic carbocycles. The van der Waals surface area contributed by atoms with Crippen molar-refractivity contribution in [3.05, 3.63) is 29.8 Å². The molecule has 1 aromatic rings. The van der Waals surface area contributed by atoms with E-state index in [0.717, 1.165) is 44.0 Å². The van der Waals surface area contributed by atoms with E-state index >= 15 is 0 Å². The lowest BCUT2D eigenvalue weighted by molar-refractivity contribution is 0.160. The van der Waals surface area contributed by atoms with Crippen molar-refractivity contribution in [3.8, 4) is 5.75 Å². The maximum Gasteiger partial charge on any atom is 0.119 e. The normalized spacial score (nSPS) is 15.5. The molecule has 1 aliphatic rings. The van der Waals surface area contributed by atoms with Crippen molar-refractivity contribution in [1.82, 2.24) is 9.03 Å². The van der Waals surface area contributed by atoms with E-state index < -0.39 is 0 Å². The van der Waals surface area contributed by atoms with Crippen LogP contribution in [0.15, 0.2) is 29.4 Å². The summed E-state index contributed by atoms with van der Waals surface area (Å²) in [6.07, 6.45) is 5.24. The van der Waals surface area contributed by atoms with Crippen molar-refractivity contribution < 1.29 is 9.57 Å². The van der Waals surface area contributed by atoms with Crippen molar-refractivity contribution in [2.75, 3.05) is 32.8 Å². The third-order valence-electron chi connectivity index (χ3n) is 3.26. The second-order valence-corrected chi connectivity index (χ2v) is 6.03. The third-order valence-corrected chi connectivity index (χ3v) is 4.22. The van der Waals surface area contributed by atoms with E-state index in [1.165, 1.54) is 12.8 Å². The summed E-state index contributed by atoms with van der Waals surface area (Å²) in [7, 11) is 0. The predicted octanol–water partition coefficient (Wildman–Crippen LogP) is 3.07. The Morgan fingerprint density at radius 2 is 2.14 bits per heavy atom. The van der Waals surface area contributed by atoms with Crippen LogP contribution in [0, 0.1) is 0 Å². The Bertz CT molecular complexity index is 434. The fourth-order valence-electron chi connectivity index (χ4n) is 2.09. The molecule has 0 aliphatic carbocycles. The first kappa shape index (κ1) is 17.1. The summed E-state index contributed by atoms with van der Waals surface area (Å²) < 4.78 is 11.4. The van der Waals surface area contributed by atoms with Crippen molar-refractivity contribution in [2.24, 2.45) is 5.16 Å². The van der Waals surface area contributed by atoms with Gasteiger partial charge in [-0.25, -0.2) is 9.03 Å². The molecule has 0 aromatic heterocycles. The average molecular weight is 323 g/mol. The summed E-state index contributed by atoms with van der Waals surface area (Å²) in [5, 5.41) is 3.84. The highest BCUT2D eigenvalue weighted by Crippen LogP contribution is 2.14. The SMILES string of the molecule is CCO/N=C/c1ccc(OCCCCCN2CCNS2)cc1. The number of rotatable bonds is 10. The molecule has 6 heteroatoms. The van der Waals surface area contributed by atoms with Gasteiger partial charge < -0.3 is 9.57 Å². The van der Waals surface area contributed by atoms with Gasteiger partial charge in [-0.1, -0.05) is 5.16 Å². The van der Waals surface area contributed by atoms with Crippen LogP contribution in [0.4, 0.5) is 0 Å². The summed E-state index contributed by atoms with van der Waals surface area (Å²) in [4.78, 5) is 4.94. The minimum absolute atomic E-state index is 0.588. The monoisotopic (exact) mass is 323 g/mol. The molecule has 0 atom stereocenters. The highest BCUT2D eigenvalue weighted by atomic mass is 32.2. The van der Waals surface area contributed by atoms with E-state index in [-0.39, 0.29) is 0 Å². The average Bonchev–Trinajstić information content (AvgIpc) is 3.06. The summed E-state index contributed by atoms with van der Waals surface area (Å²) in [6.45, 7) is 6.68. The Morgan fingerprint density at radius 3 is 2.86 bits per heavy atom. The van der Waals surface area contributed by atoms with Crippen LogP contribution in [0.2, 0.25) is 0 Å². The van der Waals surface area contributed by atoms with Gasteiger partial charge in [-0.05, 0) is 56.0 Å². The maximum atomic E-state index is 5.75. The van der Waals surface area contributed by atoms with Crippen LogP contribution in [0.5, 0.6) is 5.75 Å². The van der Waals surface area contributed by atoms with Gasteiger partial charge in [-0.15, -0.1) is 0 Å². The van der Waals surface area contributed by atoms with Gasteiger partial charge in [-0.3, -0.25) is 0 Å². The Hall–Kier alpha value is -1.24. The van der Waals surface area contributed by atoms with Gasteiger partial charge in [0.1, 0.15) is 12.4 Å². The number of benzene rings is 1. The quantitative estimate of drug-likeness (QED) is 0.310. The zero-order valence-corrected chi connectivity index (χ0v) is 14.0. The van der Waals surface area contributed by atoms with Crippen LogP contribution in [-0.2, 0) is 4.84 Å². The molecule has 5 nitrogen and oxygen atoms in total. The molecule has 0 bridgehead atoms. The highest BCUT2D eigenvalue weighted by molar-refractivity contribution is 7.95. The smallest absolute Gasteiger partial charge is 0.119 e. The second-order valence-electron chi connectivity index (χ2n) is 5.05. The molecule has 0 saturated carbocycles. The second kappa shape index (κ2) is 10.5. The number of nitrogens with zero attached hydrogens (tertiary/aromatic N) is 2. The van der Waals surface area contributed by atoms with Crippen LogP contribution in [0.1, 0.15) is 31.7 Å². The standard InChI is InChI=1S/C16H25N3O2S/c1-2-21-17-14-15-6-8-16(9-7-15)20-13-5-3-4-11-19-12-10-18-22-19/h6-9,14,18H,2-5,10-13H2,1H3/b17-14+. The van der Waals surface area contributed by atoms with Crippen molar-refractivity contribution >= 4 is 18.3 Å². The zero-order chi connectivity index (χ0) is 15.5. The molecule has 0 unspecified atom stereocenters. The van der Waals surface area contributed by atoms with E-state index in [1.807, 2.05) is 31.2 Å². The number of nitrogens with one attached hydrogen (secondary N) is 1. The molecule has 2 rings (SSSR count). The molecule has 0 spiro atoms. The Balaban J connectivity index is 1.54. The first-order chi connectivity index (χ1) is 10.9. The number of oxime groups is 1. The third kappa shape index (κ3) is 6.68. The van der Waals surface area contributed by atoms with Crippen molar-refractivity contribution in [2.45, 2.75) is 26.2 Å². The van der Waals surface area contributed by atoms with Crippen LogP contribution >= 0.6 is 12.1 Å². The van der Waals surface area contributed by atoms with Crippen molar-refractivity contribution in [3.63, 3.8) is 0 Å². The minimum Gasteiger partial charge on any atom is -0.494 e. The largest absolute Gasteiger partial charge is 0.494 e. The van der Waals surface area contributed by atoms with Crippen LogP contribution in [0.25, 0.3) is 0 Å². The van der Waals surface area contributed by atoms with E-state index in [1.54, 1.807) is 18.3 Å². The van der Waals surface area contributed by atoms with Crippen LogP contribution < -0.4 is 9.46 Å². The van der Waals surface area contributed by atoms with E-state index in [9.17, 15) is 0 Å². The lowest BCUT2D eigenvalue weighted by atomic mass is 10.2. The Morgan fingerprint density at radius 1 is 1.27 bits per heavy atom. The Kier molecular flexibility index (Phi) is 8.15. The molecule has 122 valence electrons. The molecule has 0 radical (unpaired) electrons. The number of unbranched alkanes of at least 4 members (excludes halogenated alkanes) is 2. The van der Waals surface area contributed by atoms with Gasteiger partial charge in [0.15, 0.2) is 0 Å². The molecule has 1 saturated heterocycles. The van der Waals surface area contributed by atoms with Gasteiger partial charge in [0.2, 0.25) is 0 Å². The highest BCUT2D eigenvalue weighted by Gasteiger charge is 2.10. The fourth-order valence-corrected chi connectivity index (χ4v) is 2.86. The molecule has 1 aliphatic heterocycles. The molecule has 0 amide bonds. The van der Waals surface area contributed by atoms with Crippen LogP contribution in [0.3, 0.4) is 0 Å². The summed E-state index contributed by atoms with van der Waals surface area (Å²) in [5.41, 5.74) is 1.01. The summed E-state index contributed by atoms with van der Waals surface area (Å²) in [6, 6.07) is 7.91.